The third-order valence-electron chi connectivity index (χ3n) is 4.90. The summed E-state index contributed by atoms with van der Waals surface area (Å²) in [5, 5.41) is 0. The smallest absolute Gasteiger partial charge is 0.119 e. The average Bonchev–Trinajstić information content (AvgIpc) is 2.59. The molecule has 0 unspecified atom stereocenters. The molecule has 1 aliphatic rings. The second kappa shape index (κ2) is 7.82. The molecule has 24 heavy (non-hydrogen) atoms. The van der Waals surface area contributed by atoms with E-state index in [1.165, 1.54) is 22.3 Å². The Kier molecular flexibility index (Phi) is 5.54. The molecule has 0 bridgehead atoms. The number of piperazine rings is 1. The molecule has 1 saturated heterocycles. The third kappa shape index (κ3) is 4.37. The number of benzene rings is 2. The van der Waals surface area contributed by atoms with Gasteiger partial charge in [-0.15, -0.1) is 0 Å². The van der Waals surface area contributed by atoms with Gasteiger partial charge in [0, 0.05) is 39.3 Å². The molecule has 1 fully saturated rings. The Balaban J connectivity index is 1.52. The van der Waals surface area contributed by atoms with Crippen molar-refractivity contribution in [3.8, 4) is 5.75 Å². The molecule has 0 aliphatic carbocycles. The van der Waals surface area contributed by atoms with E-state index in [0.717, 1.165) is 45.0 Å². The van der Waals surface area contributed by atoms with Crippen LogP contribution < -0.4 is 4.74 Å². The maximum Gasteiger partial charge on any atom is 0.119 e. The van der Waals surface area contributed by atoms with Gasteiger partial charge in [-0.25, -0.2) is 0 Å². The van der Waals surface area contributed by atoms with Crippen molar-refractivity contribution in [2.75, 3.05) is 33.3 Å². The molecule has 0 N–H and O–H groups in total. The quantitative estimate of drug-likeness (QED) is 0.835. The molecule has 128 valence electrons. The van der Waals surface area contributed by atoms with Crippen LogP contribution in [0.25, 0.3) is 0 Å². The lowest BCUT2D eigenvalue weighted by atomic mass is 10.0. The molecular formula is C21H28N2O. The highest BCUT2D eigenvalue weighted by molar-refractivity contribution is 5.30. The van der Waals surface area contributed by atoms with Gasteiger partial charge in [-0.05, 0) is 42.7 Å². The minimum absolute atomic E-state index is 0.945. The van der Waals surface area contributed by atoms with Crippen LogP contribution in [0.5, 0.6) is 5.75 Å². The summed E-state index contributed by atoms with van der Waals surface area (Å²) in [6.45, 7) is 11.0. The second-order valence-electron chi connectivity index (χ2n) is 6.83. The van der Waals surface area contributed by atoms with Gasteiger partial charge in [0.2, 0.25) is 0 Å². The van der Waals surface area contributed by atoms with Crippen molar-refractivity contribution in [3.05, 3.63) is 64.7 Å². The van der Waals surface area contributed by atoms with Crippen molar-refractivity contribution in [2.45, 2.75) is 26.9 Å². The van der Waals surface area contributed by atoms with E-state index < -0.39 is 0 Å². The minimum Gasteiger partial charge on any atom is -0.497 e. The van der Waals surface area contributed by atoms with Crippen LogP contribution in [-0.2, 0) is 13.1 Å². The zero-order valence-electron chi connectivity index (χ0n) is 15.1. The Hall–Kier alpha value is -1.84. The lowest BCUT2D eigenvalue weighted by Gasteiger charge is -2.35. The van der Waals surface area contributed by atoms with Gasteiger partial charge in [0.25, 0.3) is 0 Å². The standard InChI is InChI=1S/C21H28N2O/c1-17-7-8-20(18(2)13-17)16-23-11-9-22(10-12-23)15-19-5-4-6-21(14-19)24-3/h4-8,13-14H,9-12,15-16H2,1-3H3. The summed E-state index contributed by atoms with van der Waals surface area (Å²) in [4.78, 5) is 5.10. The van der Waals surface area contributed by atoms with E-state index in [9.17, 15) is 0 Å². The van der Waals surface area contributed by atoms with Crippen LogP contribution in [0.1, 0.15) is 22.3 Å². The van der Waals surface area contributed by atoms with E-state index in [1.54, 1.807) is 7.11 Å². The number of hydrogen-bond acceptors (Lipinski definition) is 3. The van der Waals surface area contributed by atoms with Gasteiger partial charge in [-0.3, -0.25) is 9.80 Å². The fourth-order valence-corrected chi connectivity index (χ4v) is 3.40. The van der Waals surface area contributed by atoms with E-state index in [-0.39, 0.29) is 0 Å². The fraction of sp³-hybridized carbons (Fsp3) is 0.429. The number of rotatable bonds is 5. The second-order valence-corrected chi connectivity index (χ2v) is 6.83. The van der Waals surface area contributed by atoms with Crippen LogP contribution in [-0.4, -0.2) is 43.1 Å². The Bertz CT molecular complexity index is 675. The van der Waals surface area contributed by atoms with Gasteiger partial charge < -0.3 is 4.74 Å². The third-order valence-corrected chi connectivity index (χ3v) is 4.90. The van der Waals surface area contributed by atoms with Crippen molar-refractivity contribution in [1.29, 1.82) is 0 Å². The minimum atomic E-state index is 0.945. The zero-order chi connectivity index (χ0) is 16.9. The molecule has 0 spiro atoms. The lowest BCUT2D eigenvalue weighted by molar-refractivity contribution is 0.122. The number of nitrogens with zero attached hydrogens (tertiary/aromatic N) is 2. The van der Waals surface area contributed by atoms with E-state index in [0.29, 0.717) is 0 Å². The Labute approximate surface area is 145 Å². The first-order valence-corrected chi connectivity index (χ1v) is 8.78. The Morgan fingerprint density at radius 2 is 1.58 bits per heavy atom. The molecular weight excluding hydrogens is 296 g/mol. The van der Waals surface area contributed by atoms with Crippen LogP contribution >= 0.6 is 0 Å². The molecule has 0 saturated carbocycles. The van der Waals surface area contributed by atoms with Gasteiger partial charge >= 0.3 is 0 Å². The highest BCUT2D eigenvalue weighted by Gasteiger charge is 2.17. The van der Waals surface area contributed by atoms with Crippen molar-refractivity contribution in [3.63, 3.8) is 0 Å². The maximum atomic E-state index is 5.32. The maximum absolute atomic E-state index is 5.32. The molecule has 0 radical (unpaired) electrons. The number of ether oxygens (including phenoxy) is 1. The summed E-state index contributed by atoms with van der Waals surface area (Å²) in [7, 11) is 1.73. The van der Waals surface area contributed by atoms with Gasteiger partial charge in [-0.2, -0.15) is 0 Å². The normalized spacial score (nSPS) is 16.3. The average molecular weight is 324 g/mol. The predicted octanol–water partition coefficient (Wildman–Crippen LogP) is 3.63. The molecule has 2 aromatic rings. The summed E-state index contributed by atoms with van der Waals surface area (Å²) >= 11 is 0. The predicted molar refractivity (Wildman–Crippen MR) is 99.5 cm³/mol. The molecule has 3 heteroatoms. The van der Waals surface area contributed by atoms with Gasteiger partial charge in [0.1, 0.15) is 5.75 Å². The summed E-state index contributed by atoms with van der Waals surface area (Å²) in [6, 6.07) is 15.2. The first-order valence-electron chi connectivity index (χ1n) is 8.78. The number of aryl methyl sites for hydroxylation is 2. The monoisotopic (exact) mass is 324 g/mol. The number of hydrogen-bond donors (Lipinski definition) is 0. The summed E-state index contributed by atoms with van der Waals surface area (Å²) in [5.74, 6) is 0.945. The molecule has 1 aliphatic heterocycles. The molecule has 0 atom stereocenters. The highest BCUT2D eigenvalue weighted by Crippen LogP contribution is 2.17. The van der Waals surface area contributed by atoms with Crippen molar-refractivity contribution >= 4 is 0 Å². The van der Waals surface area contributed by atoms with Crippen molar-refractivity contribution in [1.82, 2.24) is 9.80 Å². The molecule has 0 amide bonds. The van der Waals surface area contributed by atoms with E-state index in [2.05, 4.69) is 60.0 Å². The fourth-order valence-electron chi connectivity index (χ4n) is 3.40. The van der Waals surface area contributed by atoms with Crippen LogP contribution in [0, 0.1) is 13.8 Å². The Morgan fingerprint density at radius 1 is 0.875 bits per heavy atom. The van der Waals surface area contributed by atoms with Crippen molar-refractivity contribution < 1.29 is 4.74 Å². The molecule has 0 aromatic heterocycles. The van der Waals surface area contributed by atoms with Crippen LogP contribution in [0.3, 0.4) is 0 Å². The van der Waals surface area contributed by atoms with Gasteiger partial charge in [-0.1, -0.05) is 35.9 Å². The van der Waals surface area contributed by atoms with Gasteiger partial charge in [0.05, 0.1) is 7.11 Å². The first kappa shape index (κ1) is 17.0. The molecule has 3 nitrogen and oxygen atoms in total. The van der Waals surface area contributed by atoms with Crippen LogP contribution in [0.4, 0.5) is 0 Å². The largest absolute Gasteiger partial charge is 0.497 e. The summed E-state index contributed by atoms with van der Waals surface area (Å²) < 4.78 is 5.32. The van der Waals surface area contributed by atoms with Gasteiger partial charge in [0.15, 0.2) is 0 Å². The van der Waals surface area contributed by atoms with Crippen LogP contribution in [0.2, 0.25) is 0 Å². The topological polar surface area (TPSA) is 15.7 Å². The Morgan fingerprint density at radius 3 is 2.25 bits per heavy atom. The van der Waals surface area contributed by atoms with E-state index in [4.69, 9.17) is 4.74 Å². The highest BCUT2D eigenvalue weighted by atomic mass is 16.5. The molecule has 3 rings (SSSR count). The lowest BCUT2D eigenvalue weighted by Crippen LogP contribution is -2.45. The van der Waals surface area contributed by atoms with Crippen molar-refractivity contribution in [2.24, 2.45) is 0 Å². The SMILES string of the molecule is COc1cccc(CN2CCN(Cc3ccc(C)cc3C)CC2)c1. The van der Waals surface area contributed by atoms with E-state index >= 15 is 0 Å². The molecule has 2 aromatic carbocycles. The van der Waals surface area contributed by atoms with E-state index in [1.807, 2.05) is 6.07 Å². The van der Waals surface area contributed by atoms with Crippen LogP contribution in [0.15, 0.2) is 42.5 Å². The molecule has 1 heterocycles. The zero-order valence-corrected chi connectivity index (χ0v) is 15.1. The first-order chi connectivity index (χ1) is 11.6. The number of methoxy groups -OCH3 is 1. The summed E-state index contributed by atoms with van der Waals surface area (Å²) in [6.07, 6.45) is 0. The summed E-state index contributed by atoms with van der Waals surface area (Å²) in [5.41, 5.74) is 5.55.